The number of carboxylic acids is 1. The minimum atomic E-state index is -4.76. The van der Waals surface area contributed by atoms with Gasteiger partial charge in [-0.3, -0.25) is 4.79 Å². The monoisotopic (exact) mass is 411 g/mol. The van der Waals surface area contributed by atoms with Crippen LogP contribution < -0.4 is 4.74 Å². The lowest BCUT2D eigenvalue weighted by Crippen LogP contribution is -2.10. The molecule has 0 unspecified atom stereocenters. The third kappa shape index (κ3) is 4.09. The molecular formula is C20H17ClF3NO3. The van der Waals surface area contributed by atoms with Gasteiger partial charge in [0, 0.05) is 17.1 Å². The highest BCUT2D eigenvalue weighted by atomic mass is 35.5. The zero-order valence-corrected chi connectivity index (χ0v) is 15.8. The lowest BCUT2D eigenvalue weighted by molar-refractivity contribution is -0.139. The second-order valence-corrected chi connectivity index (χ2v) is 7.14. The summed E-state index contributed by atoms with van der Waals surface area (Å²) in [6.07, 6.45) is -3.47. The van der Waals surface area contributed by atoms with Crippen molar-refractivity contribution in [1.82, 2.24) is 4.98 Å². The van der Waals surface area contributed by atoms with E-state index in [1.54, 1.807) is 18.2 Å². The van der Waals surface area contributed by atoms with Crippen molar-refractivity contribution < 1.29 is 27.8 Å². The normalized spacial score (nSPS) is 12.0. The summed E-state index contributed by atoms with van der Waals surface area (Å²) in [6.45, 7) is 4.02. The Morgan fingerprint density at radius 2 is 1.96 bits per heavy atom. The zero-order chi connectivity index (χ0) is 20.6. The van der Waals surface area contributed by atoms with Gasteiger partial charge in [0.15, 0.2) is 5.75 Å². The SMILES string of the molecule is CC(C)c1c[nH]c2ccc(Oc3c(Cl)cc(CC(=O)O)cc3C(F)(F)F)cc12. The molecule has 0 amide bonds. The largest absolute Gasteiger partial charge is 0.481 e. The number of carbonyl (C=O) groups is 1. The number of benzene rings is 2. The second-order valence-electron chi connectivity index (χ2n) is 6.73. The molecule has 148 valence electrons. The average molecular weight is 412 g/mol. The smallest absolute Gasteiger partial charge is 0.420 e. The molecule has 0 aliphatic heterocycles. The molecule has 3 aromatic rings. The highest BCUT2D eigenvalue weighted by Gasteiger charge is 2.36. The molecule has 0 fully saturated rings. The van der Waals surface area contributed by atoms with E-state index in [2.05, 4.69) is 4.98 Å². The van der Waals surface area contributed by atoms with E-state index in [1.807, 2.05) is 20.0 Å². The number of fused-ring (bicyclic) bond motifs is 1. The minimum Gasteiger partial charge on any atom is -0.481 e. The van der Waals surface area contributed by atoms with Crippen LogP contribution in [0, 0.1) is 0 Å². The highest BCUT2D eigenvalue weighted by molar-refractivity contribution is 6.32. The van der Waals surface area contributed by atoms with E-state index in [4.69, 9.17) is 21.4 Å². The number of H-pyrrole nitrogens is 1. The van der Waals surface area contributed by atoms with E-state index < -0.39 is 29.9 Å². The number of halogens is 4. The van der Waals surface area contributed by atoms with Crippen LogP contribution in [0.1, 0.15) is 36.5 Å². The van der Waals surface area contributed by atoms with Crippen LogP contribution in [-0.2, 0) is 17.4 Å². The third-order valence-corrected chi connectivity index (χ3v) is 4.57. The first-order valence-corrected chi connectivity index (χ1v) is 8.84. The van der Waals surface area contributed by atoms with Crippen molar-refractivity contribution >= 4 is 28.5 Å². The van der Waals surface area contributed by atoms with Crippen molar-refractivity contribution in [1.29, 1.82) is 0 Å². The molecule has 2 aromatic carbocycles. The van der Waals surface area contributed by atoms with E-state index >= 15 is 0 Å². The number of aromatic amines is 1. The number of carboxylic acid groups (broad SMARTS) is 1. The number of hydrogen-bond donors (Lipinski definition) is 2. The van der Waals surface area contributed by atoms with Gasteiger partial charge >= 0.3 is 12.1 Å². The fourth-order valence-electron chi connectivity index (χ4n) is 3.02. The molecule has 0 aliphatic rings. The van der Waals surface area contributed by atoms with E-state index in [0.29, 0.717) is 0 Å². The first kappa shape index (κ1) is 20.1. The van der Waals surface area contributed by atoms with E-state index in [9.17, 15) is 18.0 Å². The summed E-state index contributed by atoms with van der Waals surface area (Å²) in [5, 5.41) is 9.39. The number of nitrogens with one attached hydrogen (secondary N) is 1. The van der Waals surface area contributed by atoms with E-state index in [0.717, 1.165) is 22.5 Å². The Labute approximate surface area is 163 Å². The Kier molecular flexibility index (Phi) is 5.30. The molecule has 0 aliphatic carbocycles. The Morgan fingerprint density at radius 1 is 1.25 bits per heavy atom. The van der Waals surface area contributed by atoms with Crippen LogP contribution in [0.4, 0.5) is 13.2 Å². The molecular weight excluding hydrogens is 395 g/mol. The summed E-state index contributed by atoms with van der Waals surface area (Å²) in [5.74, 6) is -1.39. The Bertz CT molecular complexity index is 1040. The molecule has 0 radical (unpaired) electrons. The molecule has 0 atom stereocenters. The van der Waals surface area contributed by atoms with Gasteiger partial charge in [-0.1, -0.05) is 25.4 Å². The summed E-state index contributed by atoms with van der Waals surface area (Å²) in [6, 6.07) is 6.85. The molecule has 0 saturated heterocycles. The summed E-state index contributed by atoms with van der Waals surface area (Å²) >= 11 is 6.03. The third-order valence-electron chi connectivity index (χ3n) is 4.29. The second kappa shape index (κ2) is 7.39. The van der Waals surface area contributed by atoms with Gasteiger partial charge in [-0.15, -0.1) is 0 Å². The summed E-state index contributed by atoms with van der Waals surface area (Å²) < 4.78 is 46.1. The Hall–Kier alpha value is -2.67. The van der Waals surface area contributed by atoms with Crippen molar-refractivity contribution in [3.8, 4) is 11.5 Å². The van der Waals surface area contributed by atoms with E-state index in [1.165, 1.54) is 6.07 Å². The Balaban J connectivity index is 2.07. The topological polar surface area (TPSA) is 62.3 Å². The molecule has 2 N–H and O–H groups in total. The molecule has 4 nitrogen and oxygen atoms in total. The van der Waals surface area contributed by atoms with Crippen molar-refractivity contribution in [3.05, 3.63) is 58.2 Å². The van der Waals surface area contributed by atoms with Crippen molar-refractivity contribution in [2.45, 2.75) is 32.4 Å². The van der Waals surface area contributed by atoms with Crippen LogP contribution in [0.25, 0.3) is 10.9 Å². The van der Waals surface area contributed by atoms with Crippen molar-refractivity contribution in [2.24, 2.45) is 0 Å². The fourth-order valence-corrected chi connectivity index (χ4v) is 3.30. The van der Waals surface area contributed by atoms with Gasteiger partial charge < -0.3 is 14.8 Å². The molecule has 1 heterocycles. The predicted molar refractivity (Wildman–Crippen MR) is 100 cm³/mol. The highest BCUT2D eigenvalue weighted by Crippen LogP contribution is 2.43. The average Bonchev–Trinajstić information content (AvgIpc) is 2.99. The molecule has 0 bridgehead atoms. The van der Waals surface area contributed by atoms with Gasteiger partial charge in [0.2, 0.25) is 0 Å². The van der Waals surface area contributed by atoms with Gasteiger partial charge in [-0.05, 0) is 47.4 Å². The van der Waals surface area contributed by atoms with Gasteiger partial charge in [-0.25, -0.2) is 0 Å². The summed E-state index contributed by atoms with van der Waals surface area (Å²) in [5.41, 5.74) is 0.684. The zero-order valence-electron chi connectivity index (χ0n) is 15.0. The lowest BCUT2D eigenvalue weighted by Gasteiger charge is -2.17. The molecule has 1 aromatic heterocycles. The molecule has 28 heavy (non-hydrogen) atoms. The number of hydrogen-bond acceptors (Lipinski definition) is 2. The number of aliphatic carboxylic acids is 1. The lowest BCUT2D eigenvalue weighted by atomic mass is 10.0. The number of ether oxygens (including phenoxy) is 1. The van der Waals surface area contributed by atoms with Crippen LogP contribution in [-0.4, -0.2) is 16.1 Å². The van der Waals surface area contributed by atoms with Gasteiger partial charge in [0.05, 0.1) is 17.0 Å². The molecule has 8 heteroatoms. The Morgan fingerprint density at radius 3 is 2.57 bits per heavy atom. The number of aromatic nitrogens is 1. The van der Waals surface area contributed by atoms with Crippen molar-refractivity contribution in [3.63, 3.8) is 0 Å². The van der Waals surface area contributed by atoms with Crippen LogP contribution >= 0.6 is 11.6 Å². The maximum Gasteiger partial charge on any atom is 0.420 e. The van der Waals surface area contributed by atoms with Gasteiger partial charge in [0.25, 0.3) is 0 Å². The van der Waals surface area contributed by atoms with Crippen molar-refractivity contribution in [2.75, 3.05) is 0 Å². The molecule has 0 saturated carbocycles. The van der Waals surface area contributed by atoms with Crippen LogP contribution in [0.15, 0.2) is 36.5 Å². The van der Waals surface area contributed by atoms with Gasteiger partial charge in [-0.2, -0.15) is 13.2 Å². The maximum absolute atomic E-state index is 13.5. The maximum atomic E-state index is 13.5. The first-order valence-electron chi connectivity index (χ1n) is 8.46. The number of alkyl halides is 3. The first-order chi connectivity index (χ1) is 13.1. The van der Waals surface area contributed by atoms with Crippen LogP contribution in [0.5, 0.6) is 11.5 Å². The standard InChI is InChI=1S/C20H17ClF3NO3/c1-10(2)14-9-25-17-4-3-12(8-13(14)17)28-19-15(20(22,23)24)5-11(6-16(19)21)7-18(26)27/h3-6,8-10,25H,7H2,1-2H3,(H,26,27). The minimum absolute atomic E-state index is 0.0552. The van der Waals surface area contributed by atoms with Crippen LogP contribution in [0.2, 0.25) is 5.02 Å². The predicted octanol–water partition coefficient (Wildman–Crippen LogP) is 6.38. The van der Waals surface area contributed by atoms with Crippen LogP contribution in [0.3, 0.4) is 0 Å². The quantitative estimate of drug-likeness (QED) is 0.511. The fraction of sp³-hybridized carbons (Fsp3) is 0.250. The van der Waals surface area contributed by atoms with E-state index in [-0.39, 0.29) is 22.3 Å². The summed E-state index contributed by atoms with van der Waals surface area (Å²) in [7, 11) is 0. The summed E-state index contributed by atoms with van der Waals surface area (Å²) in [4.78, 5) is 14.0. The number of rotatable bonds is 5. The molecule has 3 rings (SSSR count). The molecule has 0 spiro atoms. The van der Waals surface area contributed by atoms with Gasteiger partial charge in [0.1, 0.15) is 5.75 Å².